The van der Waals surface area contributed by atoms with E-state index in [1.807, 2.05) is 0 Å². The van der Waals surface area contributed by atoms with Crippen LogP contribution < -0.4 is 0 Å². The topological polar surface area (TPSA) is 73.6 Å². The Hall–Kier alpha value is -1.20. The van der Waals surface area contributed by atoms with E-state index in [1.165, 1.54) is 24.8 Å². The van der Waals surface area contributed by atoms with Crippen molar-refractivity contribution in [2.75, 3.05) is 6.54 Å². The Balaban J connectivity index is 1.42. The standard InChI is InChI=1S/C29H46N2O3/c1-18-5-8-27(31(33)16-18)20(3)29(34-17-30)12-10-23-24-7-6-21-13-22(32)9-11-28(21,4)26(24)14-25(23)19(2)15-29/h17-18,20-21,23-24,26-27,30,33H,5-16H2,1-4H3/t18-,20+,21+,23-,24-,26-,27+,28-,29-/m0/s1. The molecule has 4 aliphatic carbocycles. The van der Waals surface area contributed by atoms with Crippen LogP contribution in [0.4, 0.5) is 0 Å². The molecule has 5 heteroatoms. The van der Waals surface area contributed by atoms with Crippen LogP contribution in [0.15, 0.2) is 11.1 Å². The number of carbonyl (C=O) groups is 1. The Bertz CT molecular complexity index is 854. The van der Waals surface area contributed by atoms with Crippen molar-refractivity contribution in [1.82, 2.24) is 5.06 Å². The summed E-state index contributed by atoms with van der Waals surface area (Å²) in [7, 11) is 0. The predicted octanol–water partition coefficient (Wildman–Crippen LogP) is 6.40. The molecule has 1 saturated heterocycles. The maximum Gasteiger partial charge on any atom is 0.167 e. The summed E-state index contributed by atoms with van der Waals surface area (Å²) in [5.41, 5.74) is 3.06. The molecule has 2 N–H and O–H groups in total. The fraction of sp³-hybridized carbons (Fsp3) is 0.862. The molecule has 3 saturated carbocycles. The highest BCUT2D eigenvalue weighted by molar-refractivity contribution is 5.79. The lowest BCUT2D eigenvalue weighted by atomic mass is 9.52. The van der Waals surface area contributed by atoms with Crippen LogP contribution in [0.5, 0.6) is 0 Å². The number of fused-ring (bicyclic) bond motifs is 5. The van der Waals surface area contributed by atoms with Crippen LogP contribution in [-0.2, 0) is 9.53 Å². The maximum absolute atomic E-state index is 12.2. The smallest absolute Gasteiger partial charge is 0.167 e. The molecule has 0 radical (unpaired) electrons. The lowest BCUT2D eigenvalue weighted by Crippen LogP contribution is -2.53. The van der Waals surface area contributed by atoms with Gasteiger partial charge in [0.05, 0.1) is 0 Å². The first kappa shape index (κ1) is 24.5. The quantitative estimate of drug-likeness (QED) is 0.283. The van der Waals surface area contributed by atoms with Crippen molar-refractivity contribution in [1.29, 1.82) is 5.41 Å². The molecule has 4 fully saturated rings. The Kier molecular flexibility index (Phi) is 6.50. The second kappa shape index (κ2) is 9.03. The molecule has 0 amide bonds. The third kappa shape index (κ3) is 3.89. The number of ketones is 1. The molecular weight excluding hydrogens is 424 g/mol. The van der Waals surface area contributed by atoms with Crippen molar-refractivity contribution in [3.05, 3.63) is 11.1 Å². The molecular formula is C29H46N2O3. The van der Waals surface area contributed by atoms with Gasteiger partial charge in [0.2, 0.25) is 0 Å². The van der Waals surface area contributed by atoms with Crippen LogP contribution in [0.2, 0.25) is 0 Å². The summed E-state index contributed by atoms with van der Waals surface area (Å²) in [6.45, 7) is 10.0. The number of hydrogen-bond acceptors (Lipinski definition) is 5. The van der Waals surface area contributed by atoms with E-state index in [2.05, 4.69) is 27.7 Å². The molecule has 0 aromatic rings. The Morgan fingerprint density at radius 3 is 2.71 bits per heavy atom. The fourth-order valence-corrected chi connectivity index (χ4v) is 9.39. The number of allylic oxidation sites excluding steroid dienone is 1. The van der Waals surface area contributed by atoms with Gasteiger partial charge in [0.1, 0.15) is 11.4 Å². The molecule has 0 aromatic carbocycles. The van der Waals surface area contributed by atoms with E-state index in [1.54, 1.807) is 10.6 Å². The predicted molar refractivity (Wildman–Crippen MR) is 134 cm³/mol. The molecule has 5 nitrogen and oxygen atoms in total. The molecule has 0 unspecified atom stereocenters. The minimum absolute atomic E-state index is 0.0914. The van der Waals surface area contributed by atoms with Crippen LogP contribution >= 0.6 is 0 Å². The van der Waals surface area contributed by atoms with Gasteiger partial charge in [-0.3, -0.25) is 10.2 Å². The van der Waals surface area contributed by atoms with Gasteiger partial charge in [-0.2, -0.15) is 5.06 Å². The molecule has 1 heterocycles. The van der Waals surface area contributed by atoms with Gasteiger partial charge in [0.25, 0.3) is 0 Å². The SMILES string of the molecule is CC1=C2C[C@H]3[C@@H](CC[C@@H]4CC(=O)CC[C@@]43C)[C@@H]2CC[C@@](OC=N)([C@H](C)[C@H]2CC[C@H](C)CN2O)C1. The summed E-state index contributed by atoms with van der Waals surface area (Å²) in [5.74, 6) is 3.83. The number of nitrogens with one attached hydrogen (secondary N) is 1. The zero-order valence-corrected chi connectivity index (χ0v) is 21.8. The van der Waals surface area contributed by atoms with E-state index in [9.17, 15) is 10.0 Å². The second-order valence-corrected chi connectivity index (χ2v) is 13.1. The van der Waals surface area contributed by atoms with Crippen LogP contribution in [0.1, 0.15) is 98.3 Å². The van der Waals surface area contributed by atoms with Crippen LogP contribution in [0.25, 0.3) is 0 Å². The number of carbonyl (C=O) groups excluding carboxylic acids is 1. The summed E-state index contributed by atoms with van der Waals surface area (Å²) >= 11 is 0. The number of hydroxylamine groups is 2. The van der Waals surface area contributed by atoms with Crippen LogP contribution in [-0.4, -0.2) is 40.6 Å². The first-order chi connectivity index (χ1) is 16.2. The molecule has 0 bridgehead atoms. The third-order valence-corrected chi connectivity index (χ3v) is 11.5. The first-order valence-electron chi connectivity index (χ1n) is 14.0. The highest BCUT2D eigenvalue weighted by atomic mass is 16.5. The largest absolute Gasteiger partial charge is 0.477 e. The maximum atomic E-state index is 12.2. The van der Waals surface area contributed by atoms with Crippen molar-refractivity contribution >= 4 is 12.2 Å². The summed E-state index contributed by atoms with van der Waals surface area (Å²) < 4.78 is 6.26. The highest BCUT2D eigenvalue weighted by Gasteiger charge is 2.57. The number of nitrogens with zero attached hydrogens (tertiary/aromatic N) is 1. The number of rotatable bonds is 4. The second-order valence-electron chi connectivity index (χ2n) is 13.1. The summed E-state index contributed by atoms with van der Waals surface area (Å²) in [4.78, 5) is 12.2. The first-order valence-corrected chi connectivity index (χ1v) is 14.0. The number of Topliss-reactive ketones (excluding diaryl/α,β-unsaturated/α-hetero) is 1. The van der Waals surface area contributed by atoms with E-state index < -0.39 is 5.60 Å². The molecule has 190 valence electrons. The normalized spacial score (nSPS) is 46.2. The van der Waals surface area contributed by atoms with Gasteiger partial charge >= 0.3 is 0 Å². The van der Waals surface area contributed by atoms with Gasteiger partial charge in [-0.05, 0) is 93.3 Å². The number of ether oxygens (including phenoxy) is 1. The van der Waals surface area contributed by atoms with Crippen LogP contribution in [0.3, 0.4) is 0 Å². The van der Waals surface area contributed by atoms with Gasteiger partial charge in [0.15, 0.2) is 6.40 Å². The Labute approximate surface area is 206 Å². The summed E-state index contributed by atoms with van der Waals surface area (Å²) in [6, 6.07) is 0.0914. The lowest BCUT2D eigenvalue weighted by Gasteiger charge is -2.52. The van der Waals surface area contributed by atoms with E-state index in [-0.39, 0.29) is 12.0 Å². The van der Waals surface area contributed by atoms with Crippen molar-refractivity contribution in [2.45, 2.75) is 110 Å². The third-order valence-electron chi connectivity index (χ3n) is 11.5. The van der Waals surface area contributed by atoms with Gasteiger partial charge < -0.3 is 9.94 Å². The Morgan fingerprint density at radius 1 is 1.18 bits per heavy atom. The van der Waals surface area contributed by atoms with Crippen molar-refractivity contribution in [3.63, 3.8) is 0 Å². The molecule has 34 heavy (non-hydrogen) atoms. The average molecular weight is 471 g/mol. The molecule has 9 atom stereocenters. The summed E-state index contributed by atoms with van der Waals surface area (Å²) in [6.07, 6.45) is 12.6. The molecule has 5 aliphatic rings. The molecule has 0 aromatic heterocycles. The molecule has 0 spiro atoms. The van der Waals surface area contributed by atoms with Crippen molar-refractivity contribution in [2.24, 2.45) is 40.9 Å². The minimum Gasteiger partial charge on any atom is -0.477 e. The van der Waals surface area contributed by atoms with Crippen LogP contribution in [0, 0.1) is 46.3 Å². The zero-order chi connectivity index (χ0) is 24.3. The molecule has 1 aliphatic heterocycles. The Morgan fingerprint density at radius 2 is 1.97 bits per heavy atom. The highest BCUT2D eigenvalue weighted by Crippen LogP contribution is 2.64. The van der Waals surface area contributed by atoms with Gasteiger partial charge in [-0.1, -0.05) is 31.9 Å². The average Bonchev–Trinajstić information content (AvgIpc) is 3.11. The van der Waals surface area contributed by atoms with E-state index in [0.29, 0.717) is 29.0 Å². The van der Waals surface area contributed by atoms with Gasteiger partial charge in [-0.15, -0.1) is 0 Å². The van der Waals surface area contributed by atoms with E-state index in [0.717, 1.165) is 76.1 Å². The van der Waals surface area contributed by atoms with E-state index in [4.69, 9.17) is 10.1 Å². The molecule has 5 rings (SSSR count). The monoisotopic (exact) mass is 470 g/mol. The fourth-order valence-electron chi connectivity index (χ4n) is 9.39. The number of piperidine rings is 1. The summed E-state index contributed by atoms with van der Waals surface area (Å²) in [5, 5.41) is 20.3. The van der Waals surface area contributed by atoms with Gasteiger partial charge in [0, 0.05) is 37.8 Å². The van der Waals surface area contributed by atoms with Crippen molar-refractivity contribution < 1.29 is 14.7 Å². The number of hydrogen-bond donors (Lipinski definition) is 2. The lowest BCUT2D eigenvalue weighted by molar-refractivity contribution is -0.187. The van der Waals surface area contributed by atoms with Crippen molar-refractivity contribution in [3.8, 4) is 0 Å². The van der Waals surface area contributed by atoms with E-state index >= 15 is 0 Å². The minimum atomic E-state index is -0.413. The zero-order valence-electron chi connectivity index (χ0n) is 21.8. The van der Waals surface area contributed by atoms with Gasteiger partial charge in [-0.25, -0.2) is 0 Å².